The molecule has 1 aromatic carbocycles. The first kappa shape index (κ1) is 23.7. The van der Waals surface area contributed by atoms with Crippen molar-refractivity contribution in [2.45, 2.75) is 86.5 Å². The standard InChI is InChI=1S/C31H37N3O4/c1-29-6-4-20-11-22-27(36)28(37)23(34-15-21(32)16-34)13-30(22)7-8-31(20,38-30)25(29)12-24(35)26(29)18-3-2-17-5-9-33-14-19(17)10-18/h2-5,9-11,14,21,23-28,35-37H,6-8,12-13,15-16,32H2,1H3/t23-,24+,25+,26?,27+,28-,29-,30+,31?/m0/s1. The molecule has 9 atom stereocenters. The van der Waals surface area contributed by atoms with E-state index in [0.717, 1.165) is 54.3 Å². The smallest absolute Gasteiger partial charge is 0.105 e. The maximum atomic E-state index is 11.6. The first-order valence-corrected chi connectivity index (χ1v) is 14.2. The number of hydrogen-bond donors (Lipinski definition) is 4. The van der Waals surface area contributed by atoms with Crippen LogP contribution in [0.4, 0.5) is 0 Å². The van der Waals surface area contributed by atoms with Crippen molar-refractivity contribution in [1.29, 1.82) is 0 Å². The Labute approximate surface area is 223 Å². The Morgan fingerprint density at radius 3 is 2.76 bits per heavy atom. The van der Waals surface area contributed by atoms with Crippen molar-refractivity contribution >= 4 is 10.8 Å². The zero-order chi connectivity index (χ0) is 26.0. The molecule has 7 nitrogen and oxygen atoms in total. The quantitative estimate of drug-likeness (QED) is 0.486. The minimum Gasteiger partial charge on any atom is -0.392 e. The van der Waals surface area contributed by atoms with Gasteiger partial charge in [0.2, 0.25) is 0 Å². The van der Waals surface area contributed by atoms with Gasteiger partial charge in [-0.15, -0.1) is 0 Å². The van der Waals surface area contributed by atoms with Crippen LogP contribution in [0.15, 0.2) is 60.0 Å². The summed E-state index contributed by atoms with van der Waals surface area (Å²) in [5.74, 6) is 0.167. The fourth-order valence-electron chi connectivity index (χ4n) is 9.50. The fourth-order valence-corrected chi connectivity index (χ4v) is 9.50. The van der Waals surface area contributed by atoms with Crippen LogP contribution >= 0.6 is 0 Å². The molecule has 4 fully saturated rings. The second-order valence-corrected chi connectivity index (χ2v) is 13.2. The van der Waals surface area contributed by atoms with Gasteiger partial charge in [-0.25, -0.2) is 0 Å². The summed E-state index contributed by atoms with van der Waals surface area (Å²) in [6, 6.07) is 8.52. The van der Waals surface area contributed by atoms with Crippen LogP contribution in [-0.4, -0.2) is 79.9 Å². The number of aliphatic hydroxyl groups excluding tert-OH is 3. The molecule has 0 radical (unpaired) electrons. The summed E-state index contributed by atoms with van der Waals surface area (Å²) >= 11 is 0. The van der Waals surface area contributed by atoms with E-state index in [9.17, 15) is 15.3 Å². The van der Waals surface area contributed by atoms with E-state index < -0.39 is 29.5 Å². The van der Waals surface area contributed by atoms with Crippen LogP contribution < -0.4 is 5.73 Å². The number of nitrogens with zero attached hydrogens (tertiary/aromatic N) is 2. The topological polar surface area (TPSA) is 112 Å². The number of likely N-dealkylation sites (tertiary alicyclic amines) is 1. The highest BCUT2D eigenvalue weighted by molar-refractivity contribution is 5.82. The van der Waals surface area contributed by atoms with Crippen LogP contribution in [0.1, 0.15) is 50.5 Å². The van der Waals surface area contributed by atoms with Gasteiger partial charge in [0.15, 0.2) is 0 Å². The van der Waals surface area contributed by atoms with E-state index in [2.05, 4.69) is 47.2 Å². The molecular weight excluding hydrogens is 478 g/mol. The molecule has 6 aliphatic rings. The van der Waals surface area contributed by atoms with Crippen molar-refractivity contribution in [3.05, 3.63) is 65.5 Å². The molecule has 2 saturated heterocycles. The van der Waals surface area contributed by atoms with Crippen LogP contribution in [-0.2, 0) is 4.74 Å². The number of fused-ring (bicyclic) bond motifs is 2. The van der Waals surface area contributed by atoms with Gasteiger partial charge in [-0.2, -0.15) is 0 Å². The molecule has 5 N–H and O–H groups in total. The number of pyridine rings is 1. The van der Waals surface area contributed by atoms with Gasteiger partial charge >= 0.3 is 0 Å². The molecule has 0 amide bonds. The van der Waals surface area contributed by atoms with Gasteiger partial charge in [0.1, 0.15) is 6.10 Å². The maximum Gasteiger partial charge on any atom is 0.105 e. The largest absolute Gasteiger partial charge is 0.392 e. The predicted octanol–water partition coefficient (Wildman–Crippen LogP) is 2.40. The number of hydrogen-bond acceptors (Lipinski definition) is 7. The van der Waals surface area contributed by atoms with Crippen molar-refractivity contribution in [2.24, 2.45) is 17.1 Å². The molecular formula is C31H37N3O4. The average Bonchev–Trinajstić information content (AvgIpc) is 3.35. The molecule has 1 aromatic heterocycles. The molecule has 38 heavy (non-hydrogen) atoms. The third kappa shape index (κ3) is 2.92. The Morgan fingerprint density at radius 2 is 1.95 bits per heavy atom. The monoisotopic (exact) mass is 515 g/mol. The first-order chi connectivity index (χ1) is 18.2. The van der Waals surface area contributed by atoms with E-state index in [1.807, 2.05) is 18.5 Å². The SMILES string of the molecule is C[C@]12CC=C3C=C4[C@@H](O)[C@@H](O)[C@@H](N5CC(N)C5)C[C@]45CCC3(O5)[C@@H]1C[C@@H](O)C2c1ccc2ccncc2c1. The van der Waals surface area contributed by atoms with Crippen molar-refractivity contribution in [3.8, 4) is 0 Å². The van der Waals surface area contributed by atoms with Crippen molar-refractivity contribution < 1.29 is 20.1 Å². The molecule has 2 unspecified atom stereocenters. The second kappa shape index (κ2) is 7.74. The van der Waals surface area contributed by atoms with Gasteiger partial charge in [0, 0.05) is 54.8 Å². The Balaban J connectivity index is 1.19. The molecule has 2 aromatic rings. The van der Waals surface area contributed by atoms with Crippen LogP contribution in [0, 0.1) is 11.3 Å². The number of aliphatic hydroxyl groups is 3. The summed E-state index contributed by atoms with van der Waals surface area (Å²) in [4.78, 5) is 6.52. The summed E-state index contributed by atoms with van der Waals surface area (Å²) in [5, 5.41) is 36.3. The minimum atomic E-state index is -0.941. The van der Waals surface area contributed by atoms with Gasteiger partial charge in [-0.05, 0) is 71.7 Å². The number of aromatic nitrogens is 1. The molecule has 2 bridgehead atoms. The number of rotatable bonds is 2. The molecule has 2 saturated carbocycles. The van der Waals surface area contributed by atoms with Crippen molar-refractivity contribution in [1.82, 2.24) is 9.88 Å². The van der Waals surface area contributed by atoms with Gasteiger partial charge in [-0.3, -0.25) is 9.88 Å². The number of benzene rings is 1. The number of nitrogens with two attached hydrogens (primary N) is 1. The lowest BCUT2D eigenvalue weighted by molar-refractivity contribution is -0.173. The number of ether oxygens (including phenoxy) is 1. The number of allylic oxidation sites excluding steroid dienone is 1. The highest BCUT2D eigenvalue weighted by Crippen LogP contribution is 2.69. The lowest BCUT2D eigenvalue weighted by atomic mass is 9.58. The van der Waals surface area contributed by atoms with E-state index in [4.69, 9.17) is 10.5 Å². The lowest BCUT2D eigenvalue weighted by Crippen LogP contribution is -2.68. The summed E-state index contributed by atoms with van der Waals surface area (Å²) in [5.41, 5.74) is 8.00. The lowest BCUT2D eigenvalue weighted by Gasteiger charge is -2.57. The molecule has 3 aliphatic heterocycles. The van der Waals surface area contributed by atoms with Crippen LogP contribution in [0.2, 0.25) is 0 Å². The zero-order valence-corrected chi connectivity index (χ0v) is 21.8. The molecule has 3 aliphatic carbocycles. The Morgan fingerprint density at radius 1 is 1.11 bits per heavy atom. The van der Waals surface area contributed by atoms with Gasteiger partial charge in [-0.1, -0.05) is 31.2 Å². The minimum absolute atomic E-state index is 0.00361. The third-order valence-electron chi connectivity index (χ3n) is 11.3. The van der Waals surface area contributed by atoms with E-state index in [0.29, 0.717) is 12.8 Å². The normalized spacial score (nSPS) is 46.1. The van der Waals surface area contributed by atoms with E-state index in [1.165, 1.54) is 5.56 Å². The highest BCUT2D eigenvalue weighted by atomic mass is 16.5. The molecule has 7 heteroatoms. The second-order valence-electron chi connectivity index (χ2n) is 13.2. The highest BCUT2D eigenvalue weighted by Gasteiger charge is 2.69. The van der Waals surface area contributed by atoms with Gasteiger partial charge in [0.25, 0.3) is 0 Å². The van der Waals surface area contributed by atoms with E-state index in [-0.39, 0.29) is 29.3 Å². The molecule has 200 valence electrons. The Bertz CT molecular complexity index is 1390. The Kier molecular flexibility index (Phi) is 4.84. The summed E-state index contributed by atoms with van der Waals surface area (Å²) in [6.07, 6.45) is 9.83. The maximum absolute atomic E-state index is 11.6. The van der Waals surface area contributed by atoms with E-state index >= 15 is 0 Å². The van der Waals surface area contributed by atoms with E-state index in [1.54, 1.807) is 0 Å². The summed E-state index contributed by atoms with van der Waals surface area (Å²) in [6.45, 7) is 3.83. The third-order valence-corrected chi connectivity index (χ3v) is 11.3. The molecule has 2 spiro atoms. The van der Waals surface area contributed by atoms with Crippen LogP contribution in [0.5, 0.6) is 0 Å². The van der Waals surface area contributed by atoms with Crippen molar-refractivity contribution in [2.75, 3.05) is 13.1 Å². The van der Waals surface area contributed by atoms with Gasteiger partial charge in [0.05, 0.1) is 23.4 Å². The fraction of sp³-hybridized carbons (Fsp3) is 0.581. The summed E-state index contributed by atoms with van der Waals surface area (Å²) < 4.78 is 7.27. The molecule has 4 heterocycles. The van der Waals surface area contributed by atoms with Crippen LogP contribution in [0.3, 0.4) is 0 Å². The zero-order valence-electron chi connectivity index (χ0n) is 21.8. The Hall–Kier alpha value is -2.13. The van der Waals surface area contributed by atoms with Crippen LogP contribution in [0.25, 0.3) is 10.8 Å². The molecule has 8 rings (SSSR count). The predicted molar refractivity (Wildman–Crippen MR) is 143 cm³/mol. The van der Waals surface area contributed by atoms with Gasteiger partial charge < -0.3 is 25.8 Å². The van der Waals surface area contributed by atoms with Crippen molar-refractivity contribution in [3.63, 3.8) is 0 Å². The first-order valence-electron chi connectivity index (χ1n) is 14.2. The summed E-state index contributed by atoms with van der Waals surface area (Å²) in [7, 11) is 0. The average molecular weight is 516 g/mol.